The number of rotatable bonds is 15. The van der Waals surface area contributed by atoms with E-state index in [0.29, 0.717) is 25.1 Å². The zero-order chi connectivity index (χ0) is 21.3. The van der Waals surface area contributed by atoms with Crippen molar-refractivity contribution in [3.05, 3.63) is 48.0 Å². The van der Waals surface area contributed by atoms with Crippen LogP contribution in [0.5, 0.6) is 0 Å². The third kappa shape index (κ3) is 11.9. The first-order valence-corrected chi connectivity index (χ1v) is 10.0. The summed E-state index contributed by atoms with van der Waals surface area (Å²) in [5.41, 5.74) is 1.22. The van der Waals surface area contributed by atoms with Crippen LogP contribution in [0.1, 0.15) is 44.8 Å². The van der Waals surface area contributed by atoms with E-state index in [2.05, 4.69) is 11.9 Å². The molecule has 162 valence electrons. The van der Waals surface area contributed by atoms with E-state index in [1.54, 1.807) is 6.92 Å². The number of hydrogen-bond acceptors (Lipinski definition) is 6. The van der Waals surface area contributed by atoms with Crippen LogP contribution >= 0.6 is 0 Å². The Bertz CT molecular complexity index is 605. The number of esters is 1. The van der Waals surface area contributed by atoms with Crippen molar-refractivity contribution >= 4 is 12.1 Å². The van der Waals surface area contributed by atoms with E-state index in [0.717, 1.165) is 31.6 Å². The Balaban J connectivity index is 2.34. The minimum Gasteiger partial charge on any atom is -0.462 e. The van der Waals surface area contributed by atoms with Gasteiger partial charge in [-0.2, -0.15) is 0 Å². The Labute approximate surface area is 173 Å². The maximum atomic E-state index is 12.1. The molecule has 1 atom stereocenters. The molecular formula is C22H33NO6. The SMILES string of the molecule is C=C(C)C(=O)OCCCNC(=O)OC(COCCCCOCC)c1ccccc1. The molecule has 0 saturated carbocycles. The fourth-order valence-corrected chi connectivity index (χ4v) is 2.33. The number of carbonyl (C=O) groups excluding carboxylic acids is 2. The Morgan fingerprint density at radius 2 is 1.72 bits per heavy atom. The van der Waals surface area contributed by atoms with E-state index in [1.807, 2.05) is 37.3 Å². The van der Waals surface area contributed by atoms with Gasteiger partial charge in [-0.1, -0.05) is 36.9 Å². The van der Waals surface area contributed by atoms with Crippen LogP contribution in [0.25, 0.3) is 0 Å². The Morgan fingerprint density at radius 3 is 2.38 bits per heavy atom. The fourth-order valence-electron chi connectivity index (χ4n) is 2.33. The summed E-state index contributed by atoms with van der Waals surface area (Å²) in [6.45, 7) is 9.91. The highest BCUT2D eigenvalue weighted by molar-refractivity contribution is 5.86. The van der Waals surface area contributed by atoms with Crippen molar-refractivity contribution in [2.24, 2.45) is 0 Å². The molecule has 0 heterocycles. The summed E-state index contributed by atoms with van der Waals surface area (Å²) >= 11 is 0. The molecule has 0 fully saturated rings. The first kappa shape index (κ1) is 24.7. The van der Waals surface area contributed by atoms with Crippen LogP contribution in [0.4, 0.5) is 4.79 Å². The molecule has 0 saturated heterocycles. The van der Waals surface area contributed by atoms with Gasteiger partial charge in [0.2, 0.25) is 0 Å². The summed E-state index contributed by atoms with van der Waals surface area (Å²) in [4.78, 5) is 23.4. The monoisotopic (exact) mass is 407 g/mol. The Morgan fingerprint density at radius 1 is 1.03 bits per heavy atom. The number of nitrogens with one attached hydrogen (secondary N) is 1. The molecule has 1 rings (SSSR count). The second-order valence-electron chi connectivity index (χ2n) is 6.48. The highest BCUT2D eigenvalue weighted by atomic mass is 16.6. The lowest BCUT2D eigenvalue weighted by molar-refractivity contribution is -0.138. The van der Waals surface area contributed by atoms with E-state index in [4.69, 9.17) is 18.9 Å². The lowest BCUT2D eigenvalue weighted by Crippen LogP contribution is -2.29. The fraction of sp³-hybridized carbons (Fsp3) is 0.545. The quantitative estimate of drug-likeness (QED) is 0.271. The summed E-state index contributed by atoms with van der Waals surface area (Å²) in [6.07, 6.45) is 1.27. The normalized spacial score (nSPS) is 11.5. The predicted octanol–water partition coefficient (Wildman–Crippen LogP) is 3.80. The highest BCUT2D eigenvalue weighted by Crippen LogP contribution is 2.18. The minimum atomic E-state index is -0.537. The van der Waals surface area contributed by atoms with Crippen LogP contribution in [0.15, 0.2) is 42.5 Å². The second-order valence-corrected chi connectivity index (χ2v) is 6.48. The van der Waals surface area contributed by atoms with Crippen molar-refractivity contribution in [1.29, 1.82) is 0 Å². The van der Waals surface area contributed by atoms with Gasteiger partial charge in [0, 0.05) is 31.9 Å². The maximum absolute atomic E-state index is 12.1. The number of alkyl carbamates (subject to hydrolysis) is 1. The zero-order valence-corrected chi connectivity index (χ0v) is 17.5. The number of amides is 1. The number of ether oxygens (including phenoxy) is 4. The van der Waals surface area contributed by atoms with Crippen LogP contribution in [0.2, 0.25) is 0 Å². The van der Waals surface area contributed by atoms with E-state index in [1.165, 1.54) is 0 Å². The van der Waals surface area contributed by atoms with Gasteiger partial charge in [-0.3, -0.25) is 0 Å². The lowest BCUT2D eigenvalue weighted by Gasteiger charge is -2.19. The molecule has 0 spiro atoms. The van der Waals surface area contributed by atoms with Crippen molar-refractivity contribution in [2.75, 3.05) is 39.6 Å². The first-order chi connectivity index (χ1) is 14.0. The summed E-state index contributed by atoms with van der Waals surface area (Å²) < 4.78 is 21.5. The van der Waals surface area contributed by atoms with Crippen molar-refractivity contribution < 1.29 is 28.5 Å². The van der Waals surface area contributed by atoms with Gasteiger partial charge in [0.25, 0.3) is 0 Å². The molecule has 0 bridgehead atoms. The van der Waals surface area contributed by atoms with Gasteiger partial charge in [0.15, 0.2) is 6.10 Å². The second kappa shape index (κ2) is 15.5. The predicted molar refractivity (Wildman–Crippen MR) is 111 cm³/mol. The molecule has 1 unspecified atom stereocenters. The van der Waals surface area contributed by atoms with E-state index in [9.17, 15) is 9.59 Å². The molecule has 7 heteroatoms. The molecule has 0 aliphatic rings. The van der Waals surface area contributed by atoms with Gasteiger partial charge in [0.05, 0.1) is 13.2 Å². The topological polar surface area (TPSA) is 83.1 Å². The van der Waals surface area contributed by atoms with Gasteiger partial charge in [-0.25, -0.2) is 9.59 Å². The zero-order valence-electron chi connectivity index (χ0n) is 17.5. The number of hydrogen-bond donors (Lipinski definition) is 1. The van der Waals surface area contributed by atoms with Crippen LogP contribution in [-0.4, -0.2) is 51.6 Å². The van der Waals surface area contributed by atoms with Gasteiger partial charge >= 0.3 is 12.1 Å². The van der Waals surface area contributed by atoms with Gasteiger partial charge < -0.3 is 24.3 Å². The maximum Gasteiger partial charge on any atom is 0.407 e. The third-order valence-corrected chi connectivity index (χ3v) is 3.89. The van der Waals surface area contributed by atoms with Crippen molar-refractivity contribution in [2.45, 2.75) is 39.2 Å². The van der Waals surface area contributed by atoms with Crippen LogP contribution in [-0.2, 0) is 23.7 Å². The van der Waals surface area contributed by atoms with Crippen LogP contribution in [0.3, 0.4) is 0 Å². The van der Waals surface area contributed by atoms with Crippen LogP contribution in [0, 0.1) is 0 Å². The van der Waals surface area contributed by atoms with E-state index < -0.39 is 18.2 Å². The smallest absolute Gasteiger partial charge is 0.407 e. The molecule has 1 aromatic carbocycles. The highest BCUT2D eigenvalue weighted by Gasteiger charge is 2.17. The molecule has 0 aliphatic heterocycles. The van der Waals surface area contributed by atoms with Crippen molar-refractivity contribution in [1.82, 2.24) is 5.32 Å². The van der Waals surface area contributed by atoms with Crippen molar-refractivity contribution in [3.63, 3.8) is 0 Å². The lowest BCUT2D eigenvalue weighted by atomic mass is 10.1. The number of carbonyl (C=O) groups is 2. The van der Waals surface area contributed by atoms with Gasteiger partial charge in [-0.05, 0) is 38.7 Å². The molecule has 0 aromatic heterocycles. The molecule has 0 radical (unpaired) electrons. The van der Waals surface area contributed by atoms with E-state index in [-0.39, 0.29) is 13.2 Å². The van der Waals surface area contributed by atoms with Crippen LogP contribution < -0.4 is 5.32 Å². The first-order valence-electron chi connectivity index (χ1n) is 10.0. The Kier molecular flexibility index (Phi) is 13.2. The number of benzene rings is 1. The minimum absolute atomic E-state index is 0.207. The summed E-state index contributed by atoms with van der Waals surface area (Å²) in [5, 5.41) is 2.66. The van der Waals surface area contributed by atoms with Gasteiger partial charge in [0.1, 0.15) is 0 Å². The summed E-state index contributed by atoms with van der Waals surface area (Å²) in [5.74, 6) is -0.435. The molecule has 1 aromatic rings. The number of unbranched alkanes of at least 4 members (excludes halogenated alkanes) is 1. The molecule has 1 N–H and O–H groups in total. The van der Waals surface area contributed by atoms with Gasteiger partial charge in [-0.15, -0.1) is 0 Å². The summed E-state index contributed by atoms with van der Waals surface area (Å²) in [7, 11) is 0. The molecular weight excluding hydrogens is 374 g/mol. The molecule has 1 amide bonds. The largest absolute Gasteiger partial charge is 0.462 e. The average Bonchev–Trinajstić information content (AvgIpc) is 2.72. The van der Waals surface area contributed by atoms with Crippen molar-refractivity contribution in [3.8, 4) is 0 Å². The third-order valence-electron chi connectivity index (χ3n) is 3.89. The standard InChI is InChI=1S/C22H33NO6/c1-4-26-14-8-9-15-27-17-20(19-11-6-5-7-12-19)29-22(25)23-13-10-16-28-21(24)18(2)3/h5-7,11-12,20H,2,4,8-10,13-17H2,1,3H3,(H,23,25). The average molecular weight is 408 g/mol. The summed E-state index contributed by atoms with van der Waals surface area (Å²) in [6, 6.07) is 9.48. The molecule has 7 nitrogen and oxygen atoms in total. The molecule has 0 aliphatic carbocycles. The molecule has 29 heavy (non-hydrogen) atoms. The van der Waals surface area contributed by atoms with E-state index >= 15 is 0 Å². The Hall–Kier alpha value is -2.38.